The zero-order valence-corrected chi connectivity index (χ0v) is 18.2. The maximum Gasteiger partial charge on any atom is 0.416 e. The molecule has 2 aliphatic heterocycles. The van der Waals surface area contributed by atoms with Crippen LogP contribution in [0.5, 0.6) is 0 Å². The second-order valence-electron chi connectivity index (χ2n) is 8.71. The molecule has 2 aromatic carbocycles. The van der Waals surface area contributed by atoms with Crippen molar-refractivity contribution in [3.8, 4) is 0 Å². The Morgan fingerprint density at radius 1 is 1.16 bits per heavy atom. The van der Waals surface area contributed by atoms with Crippen LogP contribution >= 0.6 is 0 Å². The van der Waals surface area contributed by atoms with E-state index >= 15 is 0 Å². The van der Waals surface area contributed by atoms with E-state index in [1.54, 1.807) is 0 Å². The fraction of sp³-hybridized carbons (Fsp3) is 0.458. The molecular weight excluding hydrogens is 419 g/mol. The Bertz CT molecular complexity index is 949. The van der Waals surface area contributed by atoms with Crippen LogP contribution in [0.1, 0.15) is 41.7 Å². The minimum Gasteiger partial charge on any atom is -0.378 e. The lowest BCUT2D eigenvalue weighted by molar-refractivity contribution is -0.149. The van der Waals surface area contributed by atoms with Crippen LogP contribution < -0.4 is 10.6 Å². The summed E-state index contributed by atoms with van der Waals surface area (Å²) in [6.45, 7) is 1.19. The van der Waals surface area contributed by atoms with Gasteiger partial charge in [-0.15, -0.1) is 0 Å². The molecule has 0 radical (unpaired) electrons. The summed E-state index contributed by atoms with van der Waals surface area (Å²) in [6, 6.07) is 13.4. The molecule has 1 amide bonds. The molecule has 5 nitrogen and oxygen atoms in total. The summed E-state index contributed by atoms with van der Waals surface area (Å²) in [4.78, 5) is 14.7. The minimum absolute atomic E-state index is 0.0841. The van der Waals surface area contributed by atoms with Gasteiger partial charge in [0.1, 0.15) is 6.10 Å². The molecule has 2 N–H and O–H groups in total. The molecule has 2 heterocycles. The van der Waals surface area contributed by atoms with Crippen molar-refractivity contribution >= 4 is 11.6 Å². The molecule has 4 rings (SSSR count). The zero-order valence-electron chi connectivity index (χ0n) is 18.2. The van der Waals surface area contributed by atoms with Crippen molar-refractivity contribution in [1.82, 2.24) is 10.2 Å². The minimum atomic E-state index is -4.45. The second kappa shape index (κ2) is 9.11. The molecule has 1 saturated heterocycles. The van der Waals surface area contributed by atoms with Crippen molar-refractivity contribution in [2.45, 2.75) is 37.3 Å². The van der Waals surface area contributed by atoms with Gasteiger partial charge in [-0.3, -0.25) is 4.79 Å². The van der Waals surface area contributed by atoms with E-state index in [9.17, 15) is 18.0 Å². The van der Waals surface area contributed by atoms with Gasteiger partial charge in [0.05, 0.1) is 17.7 Å². The summed E-state index contributed by atoms with van der Waals surface area (Å²) in [5.41, 5.74) is 1.41. The summed E-state index contributed by atoms with van der Waals surface area (Å²) in [5.74, 6) is -0.298. The molecular formula is C24H28F3N3O2. The Morgan fingerprint density at radius 3 is 2.59 bits per heavy atom. The quantitative estimate of drug-likeness (QED) is 0.714. The van der Waals surface area contributed by atoms with Gasteiger partial charge in [-0.25, -0.2) is 0 Å². The number of likely N-dealkylation sites (N-methyl/N-ethyl adjacent to an activating group) is 1. The highest BCUT2D eigenvalue weighted by molar-refractivity contribution is 5.81. The van der Waals surface area contributed by atoms with Crippen molar-refractivity contribution in [3.63, 3.8) is 0 Å². The molecule has 1 fully saturated rings. The first kappa shape index (κ1) is 22.6. The van der Waals surface area contributed by atoms with Crippen molar-refractivity contribution in [2.24, 2.45) is 5.92 Å². The molecule has 0 bridgehead atoms. The Morgan fingerprint density at radius 2 is 1.91 bits per heavy atom. The van der Waals surface area contributed by atoms with Gasteiger partial charge in [-0.05, 0) is 50.7 Å². The second-order valence-corrected chi connectivity index (χ2v) is 8.71. The lowest BCUT2D eigenvalue weighted by Crippen LogP contribution is -2.46. The molecule has 0 aromatic heterocycles. The number of amides is 1. The number of ether oxygens (including phenoxy) is 1. The molecule has 32 heavy (non-hydrogen) atoms. The Hall–Kier alpha value is -2.58. The van der Waals surface area contributed by atoms with Crippen molar-refractivity contribution in [3.05, 3.63) is 65.2 Å². The fourth-order valence-corrected chi connectivity index (χ4v) is 4.57. The van der Waals surface area contributed by atoms with Crippen LogP contribution in [0.25, 0.3) is 0 Å². The van der Waals surface area contributed by atoms with E-state index in [-0.39, 0.29) is 17.9 Å². The predicted molar refractivity (Wildman–Crippen MR) is 116 cm³/mol. The topological polar surface area (TPSA) is 53.6 Å². The molecule has 0 unspecified atom stereocenters. The molecule has 2 aliphatic rings. The predicted octanol–water partition coefficient (Wildman–Crippen LogP) is 4.39. The maximum absolute atomic E-state index is 13.4. The van der Waals surface area contributed by atoms with Crippen LogP contribution in [0.15, 0.2) is 48.5 Å². The first-order valence-corrected chi connectivity index (χ1v) is 10.8. The average molecular weight is 448 g/mol. The van der Waals surface area contributed by atoms with Crippen LogP contribution in [0.2, 0.25) is 0 Å². The van der Waals surface area contributed by atoms with E-state index in [4.69, 9.17) is 4.74 Å². The number of nitrogens with one attached hydrogen (secondary N) is 2. The number of benzene rings is 2. The first-order chi connectivity index (χ1) is 15.2. The van der Waals surface area contributed by atoms with Crippen molar-refractivity contribution < 1.29 is 22.7 Å². The number of rotatable bonds is 5. The number of hydrogen-bond acceptors (Lipinski definition) is 4. The van der Waals surface area contributed by atoms with E-state index in [0.717, 1.165) is 17.7 Å². The molecule has 0 saturated carbocycles. The standard InChI is InChI=1S/C24H28F3N3O2/c1-30(2)13-12-28-23(31)20-11-9-17-21(15-6-4-3-5-7-15)29-19-10-8-16(24(25,26)27)14-18(19)22(17)32-20/h3-8,10,14,17,20-22,29H,9,11-13H2,1-2H3,(H,28,31)/t17-,20+,21-,22-/m0/s1. The summed E-state index contributed by atoms with van der Waals surface area (Å²) in [7, 11) is 3.84. The highest BCUT2D eigenvalue weighted by Crippen LogP contribution is 2.51. The third-order valence-corrected chi connectivity index (χ3v) is 6.20. The number of halogens is 3. The van der Waals surface area contributed by atoms with Crippen molar-refractivity contribution in [2.75, 3.05) is 32.5 Å². The lowest BCUT2D eigenvalue weighted by Gasteiger charge is -2.45. The molecule has 4 atom stereocenters. The maximum atomic E-state index is 13.4. The molecule has 2 aromatic rings. The highest BCUT2D eigenvalue weighted by Gasteiger charge is 2.44. The van der Waals surface area contributed by atoms with Crippen LogP contribution in [-0.2, 0) is 15.7 Å². The van der Waals surface area contributed by atoms with Crippen LogP contribution in [0.3, 0.4) is 0 Å². The third kappa shape index (κ3) is 4.76. The third-order valence-electron chi connectivity index (χ3n) is 6.20. The molecule has 172 valence electrons. The van der Waals surface area contributed by atoms with Crippen LogP contribution in [0, 0.1) is 5.92 Å². The monoisotopic (exact) mass is 447 g/mol. The van der Waals surface area contributed by atoms with Gasteiger partial charge in [0.2, 0.25) is 5.91 Å². The Kier molecular flexibility index (Phi) is 6.44. The summed E-state index contributed by atoms with van der Waals surface area (Å²) in [5, 5.41) is 6.31. The number of fused-ring (bicyclic) bond motifs is 3. The normalized spacial score (nSPS) is 24.9. The highest BCUT2D eigenvalue weighted by atomic mass is 19.4. The van der Waals surface area contributed by atoms with E-state index in [1.807, 2.05) is 49.3 Å². The molecule has 8 heteroatoms. The van der Waals surface area contributed by atoms with Gasteiger partial charge in [-0.1, -0.05) is 30.3 Å². The van der Waals surface area contributed by atoms with Gasteiger partial charge in [-0.2, -0.15) is 13.2 Å². The van der Waals surface area contributed by atoms with Gasteiger partial charge >= 0.3 is 6.18 Å². The van der Waals surface area contributed by atoms with E-state index in [2.05, 4.69) is 10.6 Å². The van der Waals surface area contributed by atoms with E-state index in [0.29, 0.717) is 37.2 Å². The van der Waals surface area contributed by atoms with Crippen LogP contribution in [0.4, 0.5) is 18.9 Å². The first-order valence-electron chi connectivity index (χ1n) is 10.8. The number of anilines is 1. The smallest absolute Gasteiger partial charge is 0.378 e. The summed E-state index contributed by atoms with van der Waals surface area (Å²) < 4.78 is 46.4. The van der Waals surface area contributed by atoms with Gasteiger partial charge < -0.3 is 20.3 Å². The van der Waals surface area contributed by atoms with E-state index < -0.39 is 23.9 Å². The van der Waals surface area contributed by atoms with Gasteiger partial charge in [0.15, 0.2) is 0 Å². The zero-order chi connectivity index (χ0) is 22.9. The molecule has 0 spiro atoms. The fourth-order valence-electron chi connectivity index (χ4n) is 4.57. The largest absolute Gasteiger partial charge is 0.416 e. The van der Waals surface area contributed by atoms with Gasteiger partial charge in [0, 0.05) is 30.3 Å². The van der Waals surface area contributed by atoms with Crippen molar-refractivity contribution in [1.29, 1.82) is 0 Å². The number of alkyl halides is 3. The molecule has 0 aliphatic carbocycles. The Labute approximate surface area is 185 Å². The Balaban J connectivity index is 1.63. The lowest BCUT2D eigenvalue weighted by atomic mass is 9.76. The summed E-state index contributed by atoms with van der Waals surface area (Å²) >= 11 is 0. The van der Waals surface area contributed by atoms with Crippen LogP contribution in [-0.4, -0.2) is 44.1 Å². The summed E-state index contributed by atoms with van der Waals surface area (Å²) in [6.07, 6.45) is -4.54. The van der Waals surface area contributed by atoms with E-state index in [1.165, 1.54) is 6.07 Å². The number of nitrogens with zero attached hydrogens (tertiary/aromatic N) is 1. The number of hydrogen-bond donors (Lipinski definition) is 2. The average Bonchev–Trinajstić information content (AvgIpc) is 2.77. The number of carbonyl (C=O) groups excluding carboxylic acids is 1. The SMILES string of the molecule is CN(C)CCNC(=O)[C@H]1CC[C@@H]2[C@H](O1)c1cc(C(F)(F)F)ccc1N[C@H]2c1ccccc1. The number of carbonyl (C=O) groups is 1. The van der Waals surface area contributed by atoms with Gasteiger partial charge in [0.25, 0.3) is 0 Å².